The molecule has 4 rings (SSSR count). The molecule has 1 saturated heterocycles. The number of nitrogens with zero attached hydrogens (tertiary/aromatic N) is 4. The molecule has 0 spiro atoms. The summed E-state index contributed by atoms with van der Waals surface area (Å²) in [5.41, 5.74) is 4.01. The van der Waals surface area contributed by atoms with Gasteiger partial charge in [0.15, 0.2) is 0 Å². The van der Waals surface area contributed by atoms with Crippen LogP contribution < -0.4 is 0 Å². The van der Waals surface area contributed by atoms with Crippen molar-refractivity contribution in [2.45, 2.75) is 32.7 Å². The van der Waals surface area contributed by atoms with E-state index in [1.807, 2.05) is 19.2 Å². The summed E-state index contributed by atoms with van der Waals surface area (Å²) >= 11 is 0. The van der Waals surface area contributed by atoms with Crippen LogP contribution in [0.4, 0.5) is 0 Å². The van der Waals surface area contributed by atoms with E-state index in [-0.39, 0.29) is 5.91 Å². The summed E-state index contributed by atoms with van der Waals surface area (Å²) in [6.45, 7) is 5.02. The molecule has 3 heterocycles. The number of amides is 1. The summed E-state index contributed by atoms with van der Waals surface area (Å²) in [6.07, 6.45) is 5.28. The summed E-state index contributed by atoms with van der Waals surface area (Å²) in [5, 5.41) is 1.26. The Bertz CT molecular complexity index is 1010. The molecule has 1 aliphatic rings. The van der Waals surface area contributed by atoms with E-state index in [1.165, 1.54) is 29.3 Å². The molecule has 29 heavy (non-hydrogen) atoms. The van der Waals surface area contributed by atoms with Crippen LogP contribution in [-0.4, -0.2) is 57.8 Å². The van der Waals surface area contributed by atoms with Crippen molar-refractivity contribution < 1.29 is 4.79 Å². The van der Waals surface area contributed by atoms with Crippen molar-refractivity contribution >= 4 is 16.8 Å². The molecule has 0 aliphatic carbocycles. The van der Waals surface area contributed by atoms with E-state index in [4.69, 9.17) is 0 Å². The number of benzene rings is 1. The number of aromatic amines is 1. The molecule has 6 nitrogen and oxygen atoms in total. The Hall–Kier alpha value is -2.73. The van der Waals surface area contributed by atoms with Crippen LogP contribution in [0, 0.1) is 12.8 Å². The van der Waals surface area contributed by atoms with Gasteiger partial charge in [-0.2, -0.15) is 0 Å². The number of likely N-dealkylation sites (tertiary alicyclic amines) is 1. The van der Waals surface area contributed by atoms with Gasteiger partial charge in [-0.25, -0.2) is 9.97 Å². The third kappa shape index (κ3) is 4.65. The first-order valence-electron chi connectivity index (χ1n) is 10.3. The predicted octanol–water partition coefficient (Wildman–Crippen LogP) is 3.42. The molecule has 2 aromatic heterocycles. The quantitative estimate of drug-likeness (QED) is 0.724. The Labute approximate surface area is 172 Å². The van der Waals surface area contributed by atoms with Crippen LogP contribution in [0.5, 0.6) is 0 Å². The Morgan fingerprint density at radius 2 is 2.10 bits per heavy atom. The van der Waals surface area contributed by atoms with Crippen molar-refractivity contribution in [3.8, 4) is 0 Å². The third-order valence-electron chi connectivity index (χ3n) is 5.64. The molecule has 6 heteroatoms. The second-order valence-corrected chi connectivity index (χ2v) is 8.34. The first-order valence-corrected chi connectivity index (χ1v) is 10.3. The molecule has 1 fully saturated rings. The van der Waals surface area contributed by atoms with Crippen molar-refractivity contribution in [3.05, 3.63) is 59.3 Å². The number of hydrogen-bond acceptors (Lipinski definition) is 4. The summed E-state index contributed by atoms with van der Waals surface area (Å²) in [7, 11) is 3.51. The molecule has 1 atom stereocenters. The summed E-state index contributed by atoms with van der Waals surface area (Å²) in [6, 6.07) is 10.6. The maximum absolute atomic E-state index is 12.3. The highest BCUT2D eigenvalue weighted by Gasteiger charge is 2.22. The monoisotopic (exact) mass is 391 g/mol. The van der Waals surface area contributed by atoms with Crippen LogP contribution in [0.15, 0.2) is 36.5 Å². The van der Waals surface area contributed by atoms with Crippen LogP contribution in [0.2, 0.25) is 0 Å². The highest BCUT2D eigenvalue weighted by molar-refractivity contribution is 5.92. The Morgan fingerprint density at radius 1 is 1.24 bits per heavy atom. The van der Waals surface area contributed by atoms with Gasteiger partial charge in [0.05, 0.1) is 0 Å². The lowest BCUT2D eigenvalue weighted by Crippen LogP contribution is -2.36. The van der Waals surface area contributed by atoms with E-state index in [9.17, 15) is 4.79 Å². The van der Waals surface area contributed by atoms with E-state index in [2.05, 4.69) is 44.1 Å². The topological polar surface area (TPSA) is 65.1 Å². The van der Waals surface area contributed by atoms with Crippen molar-refractivity contribution in [1.29, 1.82) is 0 Å². The Morgan fingerprint density at radius 3 is 2.93 bits per heavy atom. The fourth-order valence-corrected chi connectivity index (χ4v) is 4.28. The molecule has 3 aromatic rings. The number of nitrogens with one attached hydrogen (secondary N) is 1. The largest absolute Gasteiger partial charge is 0.361 e. The van der Waals surface area contributed by atoms with Crippen LogP contribution in [0.25, 0.3) is 10.9 Å². The SMILES string of the molecule is Cc1nc(C[C@H]2CCCN(Cc3ccc4cc[nH]c4c3)C2)cc(C(=O)N(C)C)n1. The van der Waals surface area contributed by atoms with E-state index in [0.29, 0.717) is 17.4 Å². The maximum Gasteiger partial charge on any atom is 0.272 e. The van der Waals surface area contributed by atoms with Gasteiger partial charge in [-0.15, -0.1) is 0 Å². The number of carbonyl (C=O) groups is 1. The van der Waals surface area contributed by atoms with E-state index < -0.39 is 0 Å². The predicted molar refractivity (Wildman–Crippen MR) is 115 cm³/mol. The number of hydrogen-bond donors (Lipinski definition) is 1. The highest BCUT2D eigenvalue weighted by Crippen LogP contribution is 2.23. The summed E-state index contributed by atoms with van der Waals surface area (Å²) in [4.78, 5) is 28.6. The number of carbonyl (C=O) groups excluding carboxylic acids is 1. The minimum absolute atomic E-state index is 0.0678. The minimum atomic E-state index is -0.0678. The molecular formula is C23H29N5O. The van der Waals surface area contributed by atoms with E-state index >= 15 is 0 Å². The second kappa shape index (κ2) is 8.33. The zero-order valence-corrected chi connectivity index (χ0v) is 17.5. The van der Waals surface area contributed by atoms with Crippen LogP contribution in [-0.2, 0) is 13.0 Å². The molecule has 0 bridgehead atoms. The lowest BCUT2D eigenvalue weighted by atomic mass is 9.92. The molecule has 0 radical (unpaired) electrons. The molecule has 1 amide bonds. The van der Waals surface area contributed by atoms with Crippen LogP contribution in [0.3, 0.4) is 0 Å². The van der Waals surface area contributed by atoms with Crippen molar-refractivity contribution in [2.24, 2.45) is 5.92 Å². The fraction of sp³-hybridized carbons (Fsp3) is 0.435. The van der Waals surface area contributed by atoms with Crippen molar-refractivity contribution in [3.63, 3.8) is 0 Å². The second-order valence-electron chi connectivity index (χ2n) is 8.34. The summed E-state index contributed by atoms with van der Waals surface area (Å²) in [5.74, 6) is 1.15. The Balaban J connectivity index is 1.42. The van der Waals surface area contributed by atoms with Gasteiger partial charge in [0.2, 0.25) is 0 Å². The standard InChI is InChI=1S/C23H29N5O/c1-16-25-20(13-22(26-16)23(29)27(2)3)11-17-5-4-10-28(14-17)15-18-6-7-19-8-9-24-21(19)12-18/h6-9,12-13,17,24H,4-5,10-11,14-15H2,1-3H3/t17-/m1/s1. The van der Waals surface area contributed by atoms with Gasteiger partial charge in [-0.3, -0.25) is 9.69 Å². The number of fused-ring (bicyclic) bond motifs is 1. The van der Waals surface area contributed by atoms with Crippen LogP contribution >= 0.6 is 0 Å². The third-order valence-corrected chi connectivity index (χ3v) is 5.64. The molecule has 1 N–H and O–H groups in total. The molecule has 1 aromatic carbocycles. The molecule has 152 valence electrons. The molecule has 0 unspecified atom stereocenters. The van der Waals surface area contributed by atoms with Crippen molar-refractivity contribution in [2.75, 3.05) is 27.2 Å². The molecule has 1 aliphatic heterocycles. The number of H-pyrrole nitrogens is 1. The first kappa shape index (κ1) is 19.6. The van der Waals surface area contributed by atoms with Gasteiger partial charge < -0.3 is 9.88 Å². The summed E-state index contributed by atoms with van der Waals surface area (Å²) < 4.78 is 0. The van der Waals surface area contributed by atoms with Gasteiger partial charge in [0.25, 0.3) is 5.91 Å². The van der Waals surface area contributed by atoms with E-state index in [0.717, 1.165) is 31.7 Å². The average Bonchev–Trinajstić information content (AvgIpc) is 3.15. The maximum atomic E-state index is 12.3. The van der Waals surface area contributed by atoms with Gasteiger partial charge >= 0.3 is 0 Å². The van der Waals surface area contributed by atoms with Gasteiger partial charge in [0.1, 0.15) is 11.5 Å². The van der Waals surface area contributed by atoms with Gasteiger partial charge in [0, 0.05) is 44.6 Å². The lowest BCUT2D eigenvalue weighted by Gasteiger charge is -2.32. The average molecular weight is 392 g/mol. The lowest BCUT2D eigenvalue weighted by molar-refractivity contribution is 0.0821. The first-order chi connectivity index (χ1) is 14.0. The minimum Gasteiger partial charge on any atom is -0.361 e. The number of piperidine rings is 1. The van der Waals surface area contributed by atoms with Gasteiger partial charge in [-0.05, 0) is 67.8 Å². The van der Waals surface area contributed by atoms with Crippen molar-refractivity contribution in [1.82, 2.24) is 24.8 Å². The number of aromatic nitrogens is 3. The van der Waals surface area contributed by atoms with Crippen LogP contribution in [0.1, 0.15) is 40.4 Å². The normalized spacial score (nSPS) is 17.6. The smallest absolute Gasteiger partial charge is 0.272 e. The number of rotatable bonds is 5. The molecule has 0 saturated carbocycles. The van der Waals surface area contributed by atoms with E-state index in [1.54, 1.807) is 19.0 Å². The zero-order valence-electron chi connectivity index (χ0n) is 17.5. The highest BCUT2D eigenvalue weighted by atomic mass is 16.2. The van der Waals surface area contributed by atoms with Gasteiger partial charge in [-0.1, -0.05) is 12.1 Å². The number of aryl methyl sites for hydroxylation is 1. The Kier molecular flexibility index (Phi) is 5.62. The molecular weight excluding hydrogens is 362 g/mol. The fourth-order valence-electron chi connectivity index (χ4n) is 4.28. The zero-order chi connectivity index (χ0) is 20.4.